The zero-order chi connectivity index (χ0) is 17.7. The molecule has 0 radical (unpaired) electrons. The molecule has 3 rings (SSSR count). The van der Waals surface area contributed by atoms with Gasteiger partial charge in [0.1, 0.15) is 0 Å². The molecule has 2 aliphatic rings. The van der Waals surface area contributed by atoms with Crippen molar-refractivity contribution >= 4 is 25.9 Å². The molecule has 1 N–H and O–H groups in total. The van der Waals surface area contributed by atoms with E-state index < -0.39 is 20.2 Å². The van der Waals surface area contributed by atoms with Gasteiger partial charge in [0.2, 0.25) is 10.0 Å². The van der Waals surface area contributed by atoms with Gasteiger partial charge in [0, 0.05) is 26.7 Å². The van der Waals surface area contributed by atoms with Gasteiger partial charge in [0.05, 0.1) is 10.6 Å². The summed E-state index contributed by atoms with van der Waals surface area (Å²) in [7, 11) is -4.40. The van der Waals surface area contributed by atoms with Gasteiger partial charge in [-0.1, -0.05) is 6.07 Å². The van der Waals surface area contributed by atoms with Crippen molar-refractivity contribution in [2.75, 3.05) is 25.4 Å². The van der Waals surface area contributed by atoms with E-state index in [0.29, 0.717) is 23.7 Å². The first kappa shape index (κ1) is 17.7. The average molecular weight is 374 g/mol. The Kier molecular flexibility index (Phi) is 4.40. The third-order valence-electron chi connectivity index (χ3n) is 4.89. The van der Waals surface area contributed by atoms with Crippen LogP contribution >= 0.6 is 0 Å². The number of sulfonamides is 1. The van der Waals surface area contributed by atoms with E-state index in [9.17, 15) is 16.8 Å². The first-order chi connectivity index (χ1) is 11.1. The number of fused-ring (bicyclic) bond motifs is 2. The molecule has 1 saturated carbocycles. The number of benzene rings is 1. The molecule has 9 heteroatoms. The summed E-state index contributed by atoms with van der Waals surface area (Å²) in [6.07, 6.45) is 2.92. The van der Waals surface area contributed by atoms with Crippen molar-refractivity contribution in [1.29, 1.82) is 0 Å². The standard InChI is InChI=1S/C15H23N3O4S2/c1-11-4-7-14(23(19,20)17(2)3)9-15(11)16-24(21,22)18-10-12-5-6-13(18)8-12/h4,7,9,12-13,16H,5-6,8,10H2,1-3H3. The van der Waals surface area contributed by atoms with Crippen molar-refractivity contribution in [3.8, 4) is 0 Å². The Labute approximate surface area is 143 Å². The second-order valence-electron chi connectivity index (χ2n) is 6.77. The molecular weight excluding hydrogens is 350 g/mol. The van der Waals surface area contributed by atoms with Crippen LogP contribution in [0, 0.1) is 12.8 Å². The van der Waals surface area contributed by atoms with Crippen LogP contribution in [-0.4, -0.2) is 52.1 Å². The normalized spacial score (nSPS) is 24.7. The monoisotopic (exact) mass is 373 g/mol. The lowest BCUT2D eigenvalue weighted by Gasteiger charge is -2.27. The van der Waals surface area contributed by atoms with Crippen LogP contribution in [0.5, 0.6) is 0 Å². The molecule has 2 bridgehead atoms. The summed E-state index contributed by atoms with van der Waals surface area (Å²) in [6.45, 7) is 2.30. The number of hydrogen-bond acceptors (Lipinski definition) is 4. The highest BCUT2D eigenvalue weighted by Gasteiger charge is 2.43. The van der Waals surface area contributed by atoms with Crippen molar-refractivity contribution in [2.24, 2.45) is 5.92 Å². The SMILES string of the molecule is Cc1ccc(S(=O)(=O)N(C)C)cc1NS(=O)(=O)N1CC2CCC1C2. The molecule has 1 aromatic rings. The van der Waals surface area contributed by atoms with Crippen LogP contribution in [0.25, 0.3) is 0 Å². The van der Waals surface area contributed by atoms with Crippen LogP contribution < -0.4 is 4.72 Å². The van der Waals surface area contributed by atoms with E-state index in [0.717, 1.165) is 23.6 Å². The van der Waals surface area contributed by atoms with E-state index in [2.05, 4.69) is 4.72 Å². The largest absolute Gasteiger partial charge is 0.301 e. The van der Waals surface area contributed by atoms with Crippen LogP contribution in [0.2, 0.25) is 0 Å². The third-order valence-corrected chi connectivity index (χ3v) is 8.25. The summed E-state index contributed by atoms with van der Waals surface area (Å²) < 4.78 is 55.1. The highest BCUT2D eigenvalue weighted by atomic mass is 32.2. The summed E-state index contributed by atoms with van der Waals surface area (Å²) in [6, 6.07) is 4.56. The van der Waals surface area contributed by atoms with E-state index in [1.54, 1.807) is 13.0 Å². The third kappa shape index (κ3) is 3.05. The number of rotatable bonds is 5. The molecule has 1 saturated heterocycles. The van der Waals surface area contributed by atoms with Gasteiger partial charge in [0.15, 0.2) is 0 Å². The molecule has 1 aliphatic carbocycles. The Bertz CT molecular complexity index is 849. The molecule has 24 heavy (non-hydrogen) atoms. The van der Waals surface area contributed by atoms with E-state index in [1.165, 1.54) is 30.5 Å². The Hall–Kier alpha value is -1.16. The molecule has 1 aliphatic heterocycles. The van der Waals surface area contributed by atoms with Crippen LogP contribution in [0.1, 0.15) is 24.8 Å². The predicted molar refractivity (Wildman–Crippen MR) is 92.4 cm³/mol. The number of hydrogen-bond donors (Lipinski definition) is 1. The first-order valence-electron chi connectivity index (χ1n) is 7.94. The molecule has 0 aromatic heterocycles. The molecule has 0 spiro atoms. The fourth-order valence-electron chi connectivity index (χ4n) is 3.45. The van der Waals surface area contributed by atoms with Crippen molar-refractivity contribution < 1.29 is 16.8 Å². The lowest BCUT2D eigenvalue weighted by molar-refractivity contribution is 0.335. The zero-order valence-corrected chi connectivity index (χ0v) is 15.7. The van der Waals surface area contributed by atoms with Gasteiger partial charge in [-0.2, -0.15) is 12.7 Å². The molecule has 2 unspecified atom stereocenters. The van der Waals surface area contributed by atoms with Crippen molar-refractivity contribution in [1.82, 2.24) is 8.61 Å². The van der Waals surface area contributed by atoms with Crippen molar-refractivity contribution in [3.05, 3.63) is 23.8 Å². The highest BCUT2D eigenvalue weighted by molar-refractivity contribution is 7.90. The fourth-order valence-corrected chi connectivity index (χ4v) is 5.99. The molecule has 2 fully saturated rings. The van der Waals surface area contributed by atoms with E-state index in [-0.39, 0.29) is 10.9 Å². The van der Waals surface area contributed by atoms with Crippen LogP contribution in [-0.2, 0) is 20.2 Å². The van der Waals surface area contributed by atoms with Gasteiger partial charge in [-0.05, 0) is 49.8 Å². The second-order valence-corrected chi connectivity index (χ2v) is 10.5. The number of piperidine rings is 1. The maximum Gasteiger partial charge on any atom is 0.301 e. The number of aryl methyl sites for hydroxylation is 1. The Morgan fingerprint density at radius 3 is 2.42 bits per heavy atom. The van der Waals surface area contributed by atoms with Gasteiger partial charge in [-0.3, -0.25) is 4.72 Å². The van der Waals surface area contributed by atoms with Crippen molar-refractivity contribution in [3.63, 3.8) is 0 Å². The lowest BCUT2D eigenvalue weighted by Crippen LogP contribution is -2.41. The summed E-state index contributed by atoms with van der Waals surface area (Å²) in [5.74, 6) is 0.452. The fraction of sp³-hybridized carbons (Fsp3) is 0.600. The maximum atomic E-state index is 12.7. The summed E-state index contributed by atoms with van der Waals surface area (Å²) in [5.41, 5.74) is 0.987. The number of nitrogens with one attached hydrogen (secondary N) is 1. The van der Waals surface area contributed by atoms with Crippen LogP contribution in [0.3, 0.4) is 0 Å². The quantitative estimate of drug-likeness (QED) is 0.845. The maximum absolute atomic E-state index is 12.7. The predicted octanol–water partition coefficient (Wildman–Crippen LogP) is 1.39. The van der Waals surface area contributed by atoms with Gasteiger partial charge in [0.25, 0.3) is 0 Å². The minimum atomic E-state index is -3.67. The van der Waals surface area contributed by atoms with Crippen LogP contribution in [0.15, 0.2) is 23.1 Å². The van der Waals surface area contributed by atoms with Gasteiger partial charge < -0.3 is 0 Å². The average Bonchev–Trinajstić information content (AvgIpc) is 3.12. The van der Waals surface area contributed by atoms with E-state index in [4.69, 9.17) is 0 Å². The van der Waals surface area contributed by atoms with E-state index >= 15 is 0 Å². The smallest absolute Gasteiger partial charge is 0.271 e. The molecule has 1 heterocycles. The Morgan fingerprint density at radius 2 is 1.88 bits per heavy atom. The minimum absolute atomic E-state index is 0.0683. The summed E-state index contributed by atoms with van der Waals surface area (Å²) in [4.78, 5) is 0.0683. The molecule has 1 aromatic carbocycles. The first-order valence-corrected chi connectivity index (χ1v) is 10.8. The van der Waals surface area contributed by atoms with Crippen LogP contribution in [0.4, 0.5) is 5.69 Å². The molecule has 134 valence electrons. The van der Waals surface area contributed by atoms with Gasteiger partial charge in [-0.25, -0.2) is 12.7 Å². The minimum Gasteiger partial charge on any atom is -0.271 e. The molecular formula is C15H23N3O4S2. The highest BCUT2D eigenvalue weighted by Crippen LogP contribution is 2.39. The zero-order valence-electron chi connectivity index (χ0n) is 14.1. The van der Waals surface area contributed by atoms with Gasteiger partial charge >= 0.3 is 10.2 Å². The topological polar surface area (TPSA) is 86.8 Å². The summed E-state index contributed by atoms with van der Waals surface area (Å²) in [5, 5.41) is 0. The Morgan fingerprint density at radius 1 is 1.17 bits per heavy atom. The molecule has 7 nitrogen and oxygen atoms in total. The lowest BCUT2D eigenvalue weighted by atomic mass is 10.1. The van der Waals surface area contributed by atoms with E-state index in [1.807, 2.05) is 0 Å². The molecule has 0 amide bonds. The second kappa shape index (κ2) is 5.98. The van der Waals surface area contributed by atoms with Gasteiger partial charge in [-0.15, -0.1) is 0 Å². The summed E-state index contributed by atoms with van der Waals surface area (Å²) >= 11 is 0. The number of nitrogens with zero attached hydrogens (tertiary/aromatic N) is 2. The molecule has 2 atom stereocenters. The number of anilines is 1. The Balaban J connectivity index is 1.90. The van der Waals surface area contributed by atoms with Crippen molar-refractivity contribution in [2.45, 2.75) is 37.1 Å².